The van der Waals surface area contributed by atoms with Crippen molar-refractivity contribution in [2.24, 2.45) is 0 Å². The van der Waals surface area contributed by atoms with Gasteiger partial charge in [0.15, 0.2) is 0 Å². The molecule has 0 spiro atoms. The summed E-state index contributed by atoms with van der Waals surface area (Å²) >= 11 is 2.02. The van der Waals surface area contributed by atoms with Crippen molar-refractivity contribution in [1.29, 1.82) is 0 Å². The van der Waals surface area contributed by atoms with E-state index in [1.54, 1.807) is 0 Å². The molecule has 0 aromatic heterocycles. The van der Waals surface area contributed by atoms with Gasteiger partial charge < -0.3 is 13.3 Å². The SMILES string of the molecule is CCO[Si](CN1CCSCC1)(OCC)OCC. The van der Waals surface area contributed by atoms with Crippen LogP contribution in [0.2, 0.25) is 0 Å². The second-order valence-electron chi connectivity index (χ2n) is 3.87. The third kappa shape index (κ3) is 5.28. The molecule has 1 fully saturated rings. The predicted molar refractivity (Wildman–Crippen MR) is 74.4 cm³/mol. The summed E-state index contributed by atoms with van der Waals surface area (Å²) in [5.41, 5.74) is 0. The van der Waals surface area contributed by atoms with Crippen LogP contribution in [0.15, 0.2) is 0 Å². The van der Waals surface area contributed by atoms with E-state index >= 15 is 0 Å². The Labute approximate surface area is 110 Å². The molecule has 17 heavy (non-hydrogen) atoms. The van der Waals surface area contributed by atoms with Gasteiger partial charge in [-0.25, -0.2) is 0 Å². The Hall–Kier alpha value is 0.407. The van der Waals surface area contributed by atoms with Crippen molar-refractivity contribution < 1.29 is 13.3 Å². The Bertz CT molecular complexity index is 186. The maximum Gasteiger partial charge on any atom is 0.515 e. The fourth-order valence-electron chi connectivity index (χ4n) is 1.95. The van der Waals surface area contributed by atoms with E-state index < -0.39 is 8.80 Å². The van der Waals surface area contributed by atoms with Crippen LogP contribution in [0.25, 0.3) is 0 Å². The van der Waals surface area contributed by atoms with E-state index in [0.717, 1.165) is 19.3 Å². The van der Waals surface area contributed by atoms with Crippen LogP contribution in [0.1, 0.15) is 20.8 Å². The highest BCUT2D eigenvalue weighted by Crippen LogP contribution is 2.16. The second-order valence-corrected chi connectivity index (χ2v) is 7.64. The molecule has 0 aliphatic carbocycles. The van der Waals surface area contributed by atoms with Gasteiger partial charge >= 0.3 is 8.80 Å². The normalized spacial score (nSPS) is 18.5. The standard InChI is InChI=1S/C11H25NO3SSi/c1-4-13-17(14-5-2,15-6-3)11-12-7-9-16-10-8-12/h4-11H2,1-3H3. The minimum Gasteiger partial charge on any atom is -0.373 e. The van der Waals surface area contributed by atoms with Gasteiger partial charge in [0.2, 0.25) is 0 Å². The zero-order chi connectivity index (χ0) is 12.6. The third-order valence-electron chi connectivity index (χ3n) is 2.61. The van der Waals surface area contributed by atoms with Gasteiger partial charge in [-0.1, -0.05) is 0 Å². The van der Waals surface area contributed by atoms with Crippen molar-refractivity contribution in [3.8, 4) is 0 Å². The summed E-state index contributed by atoms with van der Waals surface area (Å²) in [5.74, 6) is 2.41. The molecule has 0 N–H and O–H groups in total. The Morgan fingerprint density at radius 1 is 0.941 bits per heavy atom. The van der Waals surface area contributed by atoms with Gasteiger partial charge in [-0.2, -0.15) is 11.8 Å². The molecule has 0 aromatic rings. The van der Waals surface area contributed by atoms with E-state index in [2.05, 4.69) is 4.90 Å². The molecular weight excluding hydrogens is 254 g/mol. The highest BCUT2D eigenvalue weighted by molar-refractivity contribution is 7.99. The zero-order valence-electron chi connectivity index (χ0n) is 11.2. The number of hydrogen-bond donors (Lipinski definition) is 0. The average Bonchev–Trinajstić information content (AvgIpc) is 2.31. The fraction of sp³-hybridized carbons (Fsp3) is 1.00. The lowest BCUT2D eigenvalue weighted by atomic mass is 10.6. The van der Waals surface area contributed by atoms with Crippen molar-refractivity contribution >= 4 is 20.6 Å². The van der Waals surface area contributed by atoms with Crippen molar-refractivity contribution in [3.05, 3.63) is 0 Å². The van der Waals surface area contributed by atoms with Crippen LogP contribution in [-0.4, -0.2) is 64.3 Å². The van der Waals surface area contributed by atoms with Crippen molar-refractivity contribution in [3.63, 3.8) is 0 Å². The number of nitrogens with zero attached hydrogens (tertiary/aromatic N) is 1. The topological polar surface area (TPSA) is 30.9 Å². The van der Waals surface area contributed by atoms with Crippen molar-refractivity contribution in [1.82, 2.24) is 4.90 Å². The molecule has 1 heterocycles. The summed E-state index contributed by atoms with van der Waals surface area (Å²) in [7, 11) is -2.47. The summed E-state index contributed by atoms with van der Waals surface area (Å²) in [6, 6.07) is 0. The Kier molecular flexibility index (Phi) is 7.73. The monoisotopic (exact) mass is 279 g/mol. The highest BCUT2D eigenvalue weighted by Gasteiger charge is 2.42. The Balaban J connectivity index is 2.57. The number of thioether (sulfide) groups is 1. The molecule has 102 valence electrons. The van der Waals surface area contributed by atoms with Crippen LogP contribution in [0.4, 0.5) is 0 Å². The zero-order valence-corrected chi connectivity index (χ0v) is 13.1. The van der Waals surface area contributed by atoms with E-state index in [-0.39, 0.29) is 0 Å². The predicted octanol–water partition coefficient (Wildman–Crippen LogP) is 1.62. The molecule has 0 radical (unpaired) electrons. The first-order valence-corrected chi connectivity index (χ1v) is 9.57. The maximum atomic E-state index is 5.86. The lowest BCUT2D eigenvalue weighted by Crippen LogP contribution is -2.56. The molecule has 0 aromatic carbocycles. The van der Waals surface area contributed by atoms with E-state index in [1.165, 1.54) is 11.5 Å². The van der Waals surface area contributed by atoms with Gasteiger partial charge in [0.05, 0.1) is 6.17 Å². The number of hydrogen-bond acceptors (Lipinski definition) is 5. The van der Waals surface area contributed by atoms with Crippen LogP contribution in [0.5, 0.6) is 0 Å². The molecule has 4 nitrogen and oxygen atoms in total. The van der Waals surface area contributed by atoms with Crippen LogP contribution < -0.4 is 0 Å². The fourth-order valence-corrected chi connectivity index (χ4v) is 5.64. The van der Waals surface area contributed by atoms with E-state index in [1.807, 2.05) is 32.5 Å². The van der Waals surface area contributed by atoms with Crippen LogP contribution in [0, 0.1) is 0 Å². The molecule has 1 saturated heterocycles. The molecule has 0 amide bonds. The van der Waals surface area contributed by atoms with Gasteiger partial charge in [-0.3, -0.25) is 4.90 Å². The van der Waals surface area contributed by atoms with E-state index in [9.17, 15) is 0 Å². The molecular formula is C11H25NO3SSi. The van der Waals surface area contributed by atoms with Gasteiger partial charge in [0.25, 0.3) is 0 Å². The average molecular weight is 279 g/mol. The first kappa shape index (κ1) is 15.5. The van der Waals surface area contributed by atoms with E-state index in [0.29, 0.717) is 19.8 Å². The lowest BCUT2D eigenvalue weighted by Gasteiger charge is -2.35. The summed E-state index contributed by atoms with van der Waals surface area (Å²) in [6.45, 7) is 10.2. The molecule has 0 bridgehead atoms. The minimum atomic E-state index is -2.47. The highest BCUT2D eigenvalue weighted by atomic mass is 32.2. The summed E-state index contributed by atoms with van der Waals surface area (Å²) < 4.78 is 17.6. The van der Waals surface area contributed by atoms with Crippen molar-refractivity contribution in [2.75, 3.05) is 50.6 Å². The summed E-state index contributed by atoms with van der Waals surface area (Å²) in [4.78, 5) is 2.42. The largest absolute Gasteiger partial charge is 0.515 e. The number of rotatable bonds is 8. The minimum absolute atomic E-state index is 0.662. The second kappa shape index (κ2) is 8.50. The van der Waals surface area contributed by atoms with E-state index in [4.69, 9.17) is 13.3 Å². The molecule has 0 saturated carbocycles. The van der Waals surface area contributed by atoms with Gasteiger partial charge in [0.1, 0.15) is 0 Å². The molecule has 0 unspecified atom stereocenters. The smallest absolute Gasteiger partial charge is 0.373 e. The summed E-state index contributed by atoms with van der Waals surface area (Å²) in [5, 5.41) is 0. The van der Waals surface area contributed by atoms with Crippen LogP contribution in [-0.2, 0) is 13.3 Å². The third-order valence-corrected chi connectivity index (χ3v) is 6.58. The Morgan fingerprint density at radius 3 is 1.82 bits per heavy atom. The molecule has 1 aliphatic rings. The Morgan fingerprint density at radius 2 is 1.41 bits per heavy atom. The molecule has 1 aliphatic heterocycles. The van der Waals surface area contributed by atoms with Gasteiger partial charge in [0, 0.05) is 44.4 Å². The van der Waals surface area contributed by atoms with Gasteiger partial charge in [-0.15, -0.1) is 0 Å². The first-order chi connectivity index (χ1) is 8.26. The molecule has 1 rings (SSSR count). The first-order valence-electron chi connectivity index (χ1n) is 6.48. The quantitative estimate of drug-likeness (QED) is 0.630. The van der Waals surface area contributed by atoms with Crippen LogP contribution in [0.3, 0.4) is 0 Å². The van der Waals surface area contributed by atoms with Gasteiger partial charge in [-0.05, 0) is 20.8 Å². The van der Waals surface area contributed by atoms with Crippen molar-refractivity contribution in [2.45, 2.75) is 20.8 Å². The molecule has 6 heteroatoms. The maximum absolute atomic E-state index is 5.86. The van der Waals surface area contributed by atoms with Crippen LogP contribution >= 0.6 is 11.8 Å². The molecule has 0 atom stereocenters. The lowest BCUT2D eigenvalue weighted by molar-refractivity contribution is 0.0578. The summed E-state index contributed by atoms with van der Waals surface area (Å²) in [6.07, 6.45) is 0.836.